The van der Waals surface area contributed by atoms with Crippen LogP contribution in [0.1, 0.15) is 57.4 Å². The molecule has 0 spiro atoms. The van der Waals surface area contributed by atoms with Gasteiger partial charge in [0.25, 0.3) is 0 Å². The Labute approximate surface area is 128 Å². The predicted octanol–water partition coefficient (Wildman–Crippen LogP) is 2.75. The molecule has 1 aromatic rings. The quantitative estimate of drug-likeness (QED) is 0.878. The average molecular weight is 310 g/mol. The van der Waals surface area contributed by atoms with Crippen LogP contribution in [0.25, 0.3) is 0 Å². The molecule has 0 aliphatic heterocycles. The molecular formula is C16H26N2O2S. The summed E-state index contributed by atoms with van der Waals surface area (Å²) < 4.78 is 27.3. The summed E-state index contributed by atoms with van der Waals surface area (Å²) in [5.74, 6) is 0.587. The zero-order valence-corrected chi connectivity index (χ0v) is 13.7. The van der Waals surface area contributed by atoms with Crippen molar-refractivity contribution in [2.24, 2.45) is 5.73 Å². The lowest BCUT2D eigenvalue weighted by molar-refractivity contribution is 0.443. The molecule has 0 radical (unpaired) electrons. The van der Waals surface area contributed by atoms with Crippen molar-refractivity contribution in [3.8, 4) is 0 Å². The van der Waals surface area contributed by atoms with Gasteiger partial charge >= 0.3 is 0 Å². The van der Waals surface area contributed by atoms with E-state index < -0.39 is 15.6 Å². The van der Waals surface area contributed by atoms with Gasteiger partial charge in [-0.25, -0.2) is 13.1 Å². The van der Waals surface area contributed by atoms with Crippen LogP contribution in [-0.4, -0.2) is 20.5 Å². The van der Waals surface area contributed by atoms with Crippen molar-refractivity contribution in [1.82, 2.24) is 4.72 Å². The maximum Gasteiger partial charge on any atom is 0.241 e. The van der Waals surface area contributed by atoms with Gasteiger partial charge in [0.1, 0.15) is 0 Å². The fourth-order valence-corrected chi connectivity index (χ4v) is 4.24. The number of rotatable bonds is 5. The molecule has 0 saturated heterocycles. The Bertz CT molecular complexity index is 558. The number of nitrogens with two attached hydrogens (primary N) is 1. The zero-order chi connectivity index (χ0) is 15.5. The van der Waals surface area contributed by atoms with Crippen molar-refractivity contribution in [3.63, 3.8) is 0 Å². The van der Waals surface area contributed by atoms with Crippen molar-refractivity contribution in [3.05, 3.63) is 29.8 Å². The van der Waals surface area contributed by atoms with Crippen molar-refractivity contribution in [1.29, 1.82) is 0 Å². The van der Waals surface area contributed by atoms with Crippen LogP contribution >= 0.6 is 0 Å². The summed E-state index contributed by atoms with van der Waals surface area (Å²) in [4.78, 5) is 0.309. The Morgan fingerprint density at radius 3 is 2.24 bits per heavy atom. The molecule has 1 aliphatic carbocycles. The van der Waals surface area contributed by atoms with Crippen LogP contribution in [-0.2, 0) is 10.0 Å². The predicted molar refractivity (Wildman–Crippen MR) is 85.7 cm³/mol. The number of sulfonamides is 1. The van der Waals surface area contributed by atoms with Gasteiger partial charge in [-0.15, -0.1) is 0 Å². The number of benzene rings is 1. The van der Waals surface area contributed by atoms with Gasteiger partial charge in [0, 0.05) is 12.1 Å². The monoisotopic (exact) mass is 310 g/mol. The Balaban J connectivity index is 2.14. The summed E-state index contributed by atoms with van der Waals surface area (Å²) in [6.07, 6.45) is 6.30. The van der Waals surface area contributed by atoms with Crippen LogP contribution in [0.4, 0.5) is 0 Å². The molecule has 1 fully saturated rings. The SMILES string of the molecule is CC(C)(CN)NS(=O)(=O)c1ccc(C2CCCCC2)cc1. The second-order valence-electron chi connectivity index (χ2n) is 6.60. The zero-order valence-electron chi connectivity index (χ0n) is 12.9. The summed E-state index contributed by atoms with van der Waals surface area (Å²) >= 11 is 0. The molecule has 21 heavy (non-hydrogen) atoms. The van der Waals surface area contributed by atoms with E-state index in [0.29, 0.717) is 10.8 Å². The minimum atomic E-state index is -3.51. The molecule has 0 aromatic heterocycles. The van der Waals surface area contributed by atoms with Gasteiger partial charge in [0.15, 0.2) is 0 Å². The third-order valence-corrected chi connectivity index (χ3v) is 5.90. The third-order valence-electron chi connectivity index (χ3n) is 4.19. The minimum Gasteiger partial charge on any atom is -0.329 e. The van der Waals surface area contributed by atoms with Gasteiger partial charge in [-0.05, 0) is 50.3 Å². The van der Waals surface area contributed by atoms with Gasteiger partial charge in [0.05, 0.1) is 4.90 Å². The largest absolute Gasteiger partial charge is 0.329 e. The highest BCUT2D eigenvalue weighted by Gasteiger charge is 2.25. The molecule has 0 unspecified atom stereocenters. The van der Waals surface area contributed by atoms with E-state index in [2.05, 4.69) is 4.72 Å². The van der Waals surface area contributed by atoms with E-state index in [0.717, 1.165) is 0 Å². The Kier molecular flexibility index (Phi) is 5.07. The second-order valence-corrected chi connectivity index (χ2v) is 8.28. The molecule has 0 heterocycles. The van der Waals surface area contributed by atoms with Crippen LogP contribution in [0.3, 0.4) is 0 Å². The lowest BCUT2D eigenvalue weighted by Gasteiger charge is -2.24. The maximum atomic E-state index is 12.3. The van der Waals surface area contributed by atoms with Crippen molar-refractivity contribution >= 4 is 10.0 Å². The molecule has 0 atom stereocenters. The number of nitrogens with one attached hydrogen (secondary N) is 1. The molecule has 1 aromatic carbocycles. The summed E-state index contributed by atoms with van der Waals surface area (Å²) in [7, 11) is -3.51. The first-order chi connectivity index (χ1) is 9.84. The van der Waals surface area contributed by atoms with Crippen molar-refractivity contribution in [2.45, 2.75) is 62.3 Å². The minimum absolute atomic E-state index is 0.256. The van der Waals surface area contributed by atoms with Gasteiger partial charge in [-0.2, -0.15) is 0 Å². The van der Waals surface area contributed by atoms with Crippen LogP contribution in [0.5, 0.6) is 0 Å². The molecule has 1 saturated carbocycles. The van der Waals surface area contributed by atoms with Gasteiger partial charge in [-0.3, -0.25) is 0 Å². The fraction of sp³-hybridized carbons (Fsp3) is 0.625. The van der Waals surface area contributed by atoms with Crippen molar-refractivity contribution in [2.75, 3.05) is 6.54 Å². The van der Waals surface area contributed by atoms with E-state index in [1.165, 1.54) is 37.7 Å². The lowest BCUT2D eigenvalue weighted by Crippen LogP contribution is -2.48. The van der Waals surface area contributed by atoms with Gasteiger partial charge in [-0.1, -0.05) is 31.4 Å². The molecule has 0 amide bonds. The molecule has 4 nitrogen and oxygen atoms in total. The van der Waals surface area contributed by atoms with E-state index in [1.807, 2.05) is 12.1 Å². The van der Waals surface area contributed by atoms with E-state index in [4.69, 9.17) is 5.73 Å². The summed E-state index contributed by atoms with van der Waals surface area (Å²) in [6, 6.07) is 7.33. The molecule has 0 bridgehead atoms. The summed E-state index contributed by atoms with van der Waals surface area (Å²) in [6.45, 7) is 3.81. The number of hydrogen-bond acceptors (Lipinski definition) is 3. The molecule has 118 valence electrons. The normalized spacial score (nSPS) is 17.9. The standard InChI is InChI=1S/C16H26N2O2S/c1-16(2,12-17)18-21(19,20)15-10-8-14(9-11-15)13-6-4-3-5-7-13/h8-11,13,18H,3-7,12,17H2,1-2H3. The first-order valence-electron chi connectivity index (χ1n) is 7.68. The average Bonchev–Trinajstić information content (AvgIpc) is 2.47. The highest BCUT2D eigenvalue weighted by molar-refractivity contribution is 7.89. The molecule has 1 aliphatic rings. The van der Waals surface area contributed by atoms with E-state index in [9.17, 15) is 8.42 Å². The van der Waals surface area contributed by atoms with Crippen LogP contribution in [0.15, 0.2) is 29.2 Å². The first kappa shape index (κ1) is 16.5. The summed E-state index contributed by atoms with van der Waals surface area (Å²) in [5.41, 5.74) is 6.20. The lowest BCUT2D eigenvalue weighted by atomic mass is 9.84. The molecule has 3 N–H and O–H groups in total. The number of hydrogen-bond donors (Lipinski definition) is 2. The Morgan fingerprint density at radius 2 is 1.71 bits per heavy atom. The van der Waals surface area contributed by atoms with Gasteiger partial charge < -0.3 is 5.73 Å². The highest BCUT2D eigenvalue weighted by atomic mass is 32.2. The topological polar surface area (TPSA) is 72.2 Å². The molecule has 2 rings (SSSR count). The molecule has 5 heteroatoms. The highest BCUT2D eigenvalue weighted by Crippen LogP contribution is 2.32. The van der Waals surface area contributed by atoms with E-state index >= 15 is 0 Å². The van der Waals surface area contributed by atoms with Gasteiger partial charge in [0.2, 0.25) is 10.0 Å². The van der Waals surface area contributed by atoms with E-state index in [-0.39, 0.29) is 6.54 Å². The third kappa shape index (κ3) is 4.28. The Morgan fingerprint density at radius 1 is 1.14 bits per heavy atom. The first-order valence-corrected chi connectivity index (χ1v) is 9.16. The maximum absolute atomic E-state index is 12.3. The second kappa shape index (κ2) is 6.46. The summed E-state index contributed by atoms with van der Waals surface area (Å²) in [5, 5.41) is 0. The molecular weight excluding hydrogens is 284 g/mol. The fourth-order valence-electron chi connectivity index (χ4n) is 2.82. The van der Waals surface area contributed by atoms with E-state index in [1.54, 1.807) is 26.0 Å². The Hall–Kier alpha value is -0.910. The van der Waals surface area contributed by atoms with Crippen LogP contribution < -0.4 is 10.5 Å². The van der Waals surface area contributed by atoms with Crippen LogP contribution in [0, 0.1) is 0 Å². The van der Waals surface area contributed by atoms with Crippen molar-refractivity contribution < 1.29 is 8.42 Å². The van der Waals surface area contributed by atoms with Crippen LogP contribution in [0.2, 0.25) is 0 Å². The smallest absolute Gasteiger partial charge is 0.241 e.